The maximum absolute atomic E-state index is 12.4. The van der Waals surface area contributed by atoms with Crippen LogP contribution in [-0.2, 0) is 24.3 Å². The van der Waals surface area contributed by atoms with Gasteiger partial charge in [-0.05, 0) is 18.1 Å². The second kappa shape index (κ2) is 8.96. The van der Waals surface area contributed by atoms with Crippen molar-refractivity contribution in [2.45, 2.75) is 31.7 Å². The number of rotatable bonds is 9. The van der Waals surface area contributed by atoms with Gasteiger partial charge in [0.05, 0.1) is 24.1 Å². The summed E-state index contributed by atoms with van der Waals surface area (Å²) in [7, 11) is -1.26. The number of carbonyl (C=O) groups is 2. The van der Waals surface area contributed by atoms with Gasteiger partial charge in [-0.15, -0.1) is 5.10 Å². The molecule has 0 aliphatic carbocycles. The number of hydrogen-bond donors (Lipinski definition) is 4. The summed E-state index contributed by atoms with van der Waals surface area (Å²) < 4.78 is 6.83. The van der Waals surface area contributed by atoms with Crippen molar-refractivity contribution in [2.75, 3.05) is 13.2 Å². The van der Waals surface area contributed by atoms with Crippen molar-refractivity contribution in [3.05, 3.63) is 41.2 Å². The standard InChI is InChI=1S/C17H21BN4O6/c23-5-4-19-8-13-9-22(21-20-13)10-14(24)7-12-6-11-2-1-3-15(17(25)26)16(11)28-18(12)27/h1-3,9,12,19,23,27H,4-8,10H2,(H,25,26)/t12-/m1/s1. The molecular formula is C17H21BN4O6. The molecular weight excluding hydrogens is 367 g/mol. The number of carbonyl (C=O) groups excluding carboxylic acids is 1. The van der Waals surface area contributed by atoms with Crippen LogP contribution in [0.5, 0.6) is 5.75 Å². The molecule has 0 amide bonds. The number of fused-ring (bicyclic) bond motifs is 1. The molecule has 1 aliphatic rings. The zero-order valence-electron chi connectivity index (χ0n) is 15.1. The summed E-state index contributed by atoms with van der Waals surface area (Å²) in [5, 5.41) is 39.0. The predicted octanol–water partition coefficient (Wildman–Crippen LogP) is -0.497. The molecule has 11 heteroatoms. The van der Waals surface area contributed by atoms with E-state index in [4.69, 9.17) is 9.76 Å². The molecule has 148 valence electrons. The second-order valence-electron chi connectivity index (χ2n) is 6.62. The van der Waals surface area contributed by atoms with Crippen LogP contribution in [0.2, 0.25) is 5.82 Å². The number of para-hydroxylation sites is 1. The highest BCUT2D eigenvalue weighted by Gasteiger charge is 2.37. The largest absolute Gasteiger partial charge is 0.535 e. The van der Waals surface area contributed by atoms with E-state index in [-0.39, 0.29) is 36.7 Å². The van der Waals surface area contributed by atoms with Crippen LogP contribution in [0.15, 0.2) is 24.4 Å². The topological polar surface area (TPSA) is 147 Å². The third-order valence-electron chi connectivity index (χ3n) is 4.46. The fraction of sp³-hybridized carbons (Fsp3) is 0.412. The smallest absolute Gasteiger partial charge is 0.526 e. The third kappa shape index (κ3) is 4.74. The van der Waals surface area contributed by atoms with E-state index in [0.29, 0.717) is 30.8 Å². The molecule has 2 heterocycles. The Labute approximate surface area is 161 Å². The summed E-state index contributed by atoms with van der Waals surface area (Å²) in [5.74, 6) is -1.60. The molecule has 10 nitrogen and oxygen atoms in total. The molecule has 0 spiro atoms. The molecule has 28 heavy (non-hydrogen) atoms. The number of carboxylic acids is 1. The number of aromatic nitrogens is 3. The van der Waals surface area contributed by atoms with Gasteiger partial charge in [-0.25, -0.2) is 9.48 Å². The summed E-state index contributed by atoms with van der Waals surface area (Å²) >= 11 is 0. The Balaban J connectivity index is 1.59. The molecule has 0 saturated carbocycles. The van der Waals surface area contributed by atoms with Crippen LogP contribution in [0.1, 0.15) is 28.0 Å². The van der Waals surface area contributed by atoms with Crippen LogP contribution in [0.4, 0.5) is 0 Å². The number of hydrogen-bond acceptors (Lipinski definition) is 8. The number of nitrogens with zero attached hydrogens (tertiary/aromatic N) is 3. The van der Waals surface area contributed by atoms with E-state index in [1.54, 1.807) is 18.3 Å². The molecule has 3 rings (SSSR count). The summed E-state index contributed by atoms with van der Waals surface area (Å²) in [6.07, 6.45) is 2.05. The van der Waals surface area contributed by atoms with Crippen LogP contribution >= 0.6 is 0 Å². The van der Waals surface area contributed by atoms with Gasteiger partial charge in [0.25, 0.3) is 0 Å². The number of aromatic carboxylic acids is 1. The normalized spacial score (nSPS) is 15.8. The van der Waals surface area contributed by atoms with Gasteiger partial charge in [0.2, 0.25) is 0 Å². The number of ketones is 1. The highest BCUT2D eigenvalue weighted by atomic mass is 16.5. The first-order valence-electron chi connectivity index (χ1n) is 8.90. The Morgan fingerprint density at radius 2 is 2.21 bits per heavy atom. The van der Waals surface area contributed by atoms with E-state index in [1.807, 2.05) is 0 Å². The fourth-order valence-electron chi connectivity index (χ4n) is 3.16. The van der Waals surface area contributed by atoms with Crippen LogP contribution in [0.25, 0.3) is 0 Å². The van der Waals surface area contributed by atoms with Crippen LogP contribution < -0.4 is 9.97 Å². The third-order valence-corrected chi connectivity index (χ3v) is 4.46. The first kappa shape index (κ1) is 20.0. The molecule has 1 aromatic carbocycles. The van der Waals surface area contributed by atoms with Gasteiger partial charge in [0.15, 0.2) is 5.78 Å². The molecule has 0 radical (unpaired) electrons. The summed E-state index contributed by atoms with van der Waals surface area (Å²) in [4.78, 5) is 23.7. The van der Waals surface area contributed by atoms with Gasteiger partial charge in [-0.1, -0.05) is 17.3 Å². The van der Waals surface area contributed by atoms with Crippen LogP contribution in [-0.4, -0.2) is 62.3 Å². The van der Waals surface area contributed by atoms with E-state index in [1.165, 1.54) is 10.7 Å². The highest BCUT2D eigenvalue weighted by Crippen LogP contribution is 2.36. The lowest BCUT2D eigenvalue weighted by molar-refractivity contribution is -0.120. The van der Waals surface area contributed by atoms with E-state index in [9.17, 15) is 19.7 Å². The SMILES string of the molecule is O=C(C[C@H]1Cc2cccc(C(=O)O)c2OB1O)Cn1cc(CNCCO)nn1. The van der Waals surface area contributed by atoms with Gasteiger partial charge in [0, 0.05) is 25.3 Å². The molecule has 0 fully saturated rings. The Morgan fingerprint density at radius 1 is 1.39 bits per heavy atom. The van der Waals surface area contributed by atoms with E-state index in [2.05, 4.69) is 15.6 Å². The average Bonchev–Trinajstić information content (AvgIpc) is 3.09. The monoisotopic (exact) mass is 388 g/mol. The van der Waals surface area contributed by atoms with Crippen molar-refractivity contribution < 1.29 is 29.5 Å². The van der Waals surface area contributed by atoms with Crippen molar-refractivity contribution in [3.8, 4) is 5.75 Å². The Hall–Kier alpha value is -2.76. The number of nitrogens with one attached hydrogen (secondary N) is 1. The van der Waals surface area contributed by atoms with Crippen molar-refractivity contribution in [1.29, 1.82) is 0 Å². The fourth-order valence-corrected chi connectivity index (χ4v) is 3.16. The van der Waals surface area contributed by atoms with Gasteiger partial charge in [-0.2, -0.15) is 0 Å². The number of aliphatic hydroxyl groups excluding tert-OH is 1. The summed E-state index contributed by atoms with van der Waals surface area (Å²) in [6.45, 7) is 0.913. The zero-order valence-corrected chi connectivity index (χ0v) is 15.1. The van der Waals surface area contributed by atoms with Crippen molar-refractivity contribution >= 4 is 18.9 Å². The second-order valence-corrected chi connectivity index (χ2v) is 6.62. The van der Waals surface area contributed by atoms with Gasteiger partial charge in [-0.3, -0.25) is 4.79 Å². The molecule has 1 aromatic heterocycles. The maximum Gasteiger partial charge on any atom is 0.526 e. The lowest BCUT2D eigenvalue weighted by Gasteiger charge is -2.27. The molecule has 4 N–H and O–H groups in total. The summed E-state index contributed by atoms with van der Waals surface area (Å²) in [5.41, 5.74) is 1.30. The van der Waals surface area contributed by atoms with Crippen LogP contribution in [0, 0.1) is 0 Å². The number of aliphatic hydroxyl groups is 1. The molecule has 0 saturated heterocycles. The summed E-state index contributed by atoms with van der Waals surface area (Å²) in [6, 6.07) is 4.76. The Morgan fingerprint density at radius 3 is 2.96 bits per heavy atom. The first-order valence-corrected chi connectivity index (χ1v) is 8.90. The lowest BCUT2D eigenvalue weighted by atomic mass is 9.64. The Kier molecular flexibility index (Phi) is 6.39. The van der Waals surface area contributed by atoms with Gasteiger partial charge in [0.1, 0.15) is 12.3 Å². The van der Waals surface area contributed by atoms with Crippen molar-refractivity contribution in [3.63, 3.8) is 0 Å². The lowest BCUT2D eigenvalue weighted by Crippen LogP contribution is -2.36. The number of carboxylic acid groups (broad SMARTS) is 1. The minimum absolute atomic E-state index is 0.00808. The van der Waals surface area contributed by atoms with E-state index >= 15 is 0 Å². The molecule has 0 unspecified atom stereocenters. The van der Waals surface area contributed by atoms with E-state index < -0.39 is 18.9 Å². The first-order chi connectivity index (χ1) is 13.5. The molecule has 1 atom stereocenters. The Bertz CT molecular complexity index is 858. The predicted molar refractivity (Wildman–Crippen MR) is 97.9 cm³/mol. The van der Waals surface area contributed by atoms with Gasteiger partial charge < -0.3 is 25.2 Å². The molecule has 1 aliphatic heterocycles. The molecule has 2 aromatic rings. The maximum atomic E-state index is 12.4. The number of Topliss-reactive ketones (excluding diaryl/α,β-unsaturated/α-hetero) is 1. The van der Waals surface area contributed by atoms with Crippen molar-refractivity contribution in [2.24, 2.45) is 0 Å². The zero-order chi connectivity index (χ0) is 20.1. The average molecular weight is 388 g/mol. The van der Waals surface area contributed by atoms with E-state index in [0.717, 1.165) is 0 Å². The quantitative estimate of drug-likeness (QED) is 0.330. The number of benzene rings is 1. The van der Waals surface area contributed by atoms with Crippen molar-refractivity contribution in [1.82, 2.24) is 20.3 Å². The van der Waals surface area contributed by atoms with Gasteiger partial charge >= 0.3 is 13.1 Å². The molecule has 0 bridgehead atoms. The minimum atomic E-state index is -1.26. The minimum Gasteiger partial charge on any atom is -0.535 e. The van der Waals surface area contributed by atoms with Crippen LogP contribution in [0.3, 0.4) is 0 Å². The highest BCUT2D eigenvalue weighted by molar-refractivity contribution is 6.47.